The van der Waals surface area contributed by atoms with Crippen molar-refractivity contribution in [2.24, 2.45) is 0 Å². The maximum atomic E-state index is 13.5. The summed E-state index contributed by atoms with van der Waals surface area (Å²) in [5.74, 6) is 0.119. The molecular weight excluding hydrogens is 444 g/mol. The summed E-state index contributed by atoms with van der Waals surface area (Å²) in [4.78, 5) is 34.9. The van der Waals surface area contributed by atoms with E-state index in [0.717, 1.165) is 52.8 Å². The first-order valence-corrected chi connectivity index (χ1v) is 12.5. The van der Waals surface area contributed by atoms with Gasteiger partial charge in [0.2, 0.25) is 0 Å². The van der Waals surface area contributed by atoms with Crippen molar-refractivity contribution in [3.05, 3.63) is 77.3 Å². The van der Waals surface area contributed by atoms with Gasteiger partial charge in [-0.3, -0.25) is 9.69 Å². The summed E-state index contributed by atoms with van der Waals surface area (Å²) in [6.45, 7) is 3.77. The van der Waals surface area contributed by atoms with Gasteiger partial charge in [0, 0.05) is 12.5 Å². The minimum absolute atomic E-state index is 0.199. The third kappa shape index (κ3) is 3.56. The molecule has 172 valence electrons. The predicted octanol–water partition coefficient (Wildman–Crippen LogP) is 5.05. The van der Waals surface area contributed by atoms with Crippen molar-refractivity contribution >= 4 is 44.3 Å². The molecule has 2 saturated heterocycles. The second kappa shape index (κ2) is 8.18. The van der Waals surface area contributed by atoms with Crippen LogP contribution in [-0.2, 0) is 10.3 Å². The minimum atomic E-state index is -1.07. The van der Waals surface area contributed by atoms with Crippen molar-refractivity contribution < 1.29 is 9.59 Å². The van der Waals surface area contributed by atoms with Crippen LogP contribution >= 0.6 is 11.3 Å². The first-order chi connectivity index (χ1) is 16.5. The van der Waals surface area contributed by atoms with Crippen molar-refractivity contribution in [2.75, 3.05) is 19.8 Å². The number of thiazole rings is 1. The van der Waals surface area contributed by atoms with Crippen LogP contribution in [0.15, 0.2) is 66.7 Å². The highest BCUT2D eigenvalue weighted by atomic mass is 32.1. The highest BCUT2D eigenvalue weighted by Gasteiger charge is 2.49. The van der Waals surface area contributed by atoms with Gasteiger partial charge in [-0.05, 0) is 60.8 Å². The molecule has 2 aliphatic heterocycles. The smallest absolute Gasteiger partial charge is 0.319 e. The molecule has 3 aromatic carbocycles. The number of benzene rings is 3. The summed E-state index contributed by atoms with van der Waals surface area (Å²) in [5.41, 5.74) is 0.779. The van der Waals surface area contributed by atoms with Crippen LogP contribution in [0.3, 0.4) is 0 Å². The summed E-state index contributed by atoms with van der Waals surface area (Å²) in [7, 11) is 0. The maximum Gasteiger partial charge on any atom is 0.326 e. The van der Waals surface area contributed by atoms with Gasteiger partial charge in [0.05, 0.1) is 21.9 Å². The lowest BCUT2D eigenvalue weighted by Crippen LogP contribution is -2.46. The zero-order valence-electron chi connectivity index (χ0n) is 19.0. The summed E-state index contributed by atoms with van der Waals surface area (Å²) >= 11 is 1.75. The van der Waals surface area contributed by atoms with Gasteiger partial charge in [0.25, 0.3) is 5.91 Å². The molecular formula is C27H26N4O2S. The molecule has 6 nitrogen and oxygen atoms in total. The molecule has 0 unspecified atom stereocenters. The van der Waals surface area contributed by atoms with Gasteiger partial charge in [-0.1, -0.05) is 48.5 Å². The van der Waals surface area contributed by atoms with Gasteiger partial charge in [-0.15, -0.1) is 11.3 Å². The van der Waals surface area contributed by atoms with Gasteiger partial charge < -0.3 is 5.32 Å². The Hall–Kier alpha value is -3.29. The average Bonchev–Trinajstić information content (AvgIpc) is 3.39. The Labute approximate surface area is 202 Å². The molecule has 1 N–H and O–H groups in total. The van der Waals surface area contributed by atoms with Crippen LogP contribution in [0.4, 0.5) is 4.79 Å². The number of urea groups is 1. The van der Waals surface area contributed by atoms with Crippen LogP contribution in [0.5, 0.6) is 0 Å². The quantitative estimate of drug-likeness (QED) is 0.424. The first kappa shape index (κ1) is 21.3. The molecule has 2 atom stereocenters. The van der Waals surface area contributed by atoms with Crippen LogP contribution in [0, 0.1) is 0 Å². The number of hydrogen-bond donors (Lipinski definition) is 1. The molecule has 0 aliphatic carbocycles. The first-order valence-electron chi connectivity index (χ1n) is 11.7. The molecule has 34 heavy (non-hydrogen) atoms. The lowest BCUT2D eigenvalue weighted by Gasteiger charge is -2.33. The predicted molar refractivity (Wildman–Crippen MR) is 135 cm³/mol. The number of hydrogen-bond acceptors (Lipinski definition) is 5. The van der Waals surface area contributed by atoms with E-state index in [1.807, 2.05) is 54.6 Å². The number of carbonyl (C=O) groups excluding carboxylic acids is 2. The molecule has 4 aromatic rings. The van der Waals surface area contributed by atoms with E-state index in [1.165, 1.54) is 9.60 Å². The molecule has 7 heteroatoms. The highest BCUT2D eigenvalue weighted by molar-refractivity contribution is 7.18. The average molecular weight is 471 g/mol. The molecule has 3 amide bonds. The fraction of sp³-hybridized carbons (Fsp3) is 0.296. The number of likely N-dealkylation sites (tertiary alicyclic amines) is 1. The molecule has 0 radical (unpaired) electrons. The van der Waals surface area contributed by atoms with Crippen molar-refractivity contribution in [1.29, 1.82) is 0 Å². The highest BCUT2D eigenvalue weighted by Crippen LogP contribution is 2.35. The number of nitrogens with one attached hydrogen (secondary N) is 1. The molecule has 0 spiro atoms. The summed E-state index contributed by atoms with van der Waals surface area (Å²) < 4.78 is 1.20. The van der Waals surface area contributed by atoms with E-state index in [9.17, 15) is 9.59 Å². The fourth-order valence-corrected chi connectivity index (χ4v) is 6.26. The van der Waals surface area contributed by atoms with Crippen molar-refractivity contribution in [3.8, 4) is 0 Å². The molecule has 2 aliphatic rings. The number of piperidine rings is 1. The van der Waals surface area contributed by atoms with E-state index in [0.29, 0.717) is 12.6 Å². The zero-order valence-corrected chi connectivity index (χ0v) is 19.8. The van der Waals surface area contributed by atoms with Crippen LogP contribution in [0.1, 0.15) is 36.3 Å². The Morgan fingerprint density at radius 3 is 2.71 bits per heavy atom. The third-order valence-electron chi connectivity index (χ3n) is 7.11. The lowest BCUT2D eigenvalue weighted by atomic mass is 9.90. The summed E-state index contributed by atoms with van der Waals surface area (Å²) in [6.07, 6.45) is 2.09. The zero-order chi connectivity index (χ0) is 23.3. The Bertz CT molecular complexity index is 1380. The number of carbonyl (C=O) groups is 2. The van der Waals surface area contributed by atoms with Crippen LogP contribution < -0.4 is 5.32 Å². The van der Waals surface area contributed by atoms with Crippen LogP contribution in [0.2, 0.25) is 0 Å². The molecule has 3 heterocycles. The topological polar surface area (TPSA) is 65.5 Å². The monoisotopic (exact) mass is 470 g/mol. The number of rotatable bonds is 4. The SMILES string of the molecule is C[C@@]1(c2ccc3ccccc3c2)NC(=O)N(CN2CCC[C@@H](c3nc4ccccc4s3)C2)C1=O. The van der Waals surface area contributed by atoms with E-state index < -0.39 is 5.54 Å². The molecule has 0 bridgehead atoms. The van der Waals surface area contributed by atoms with Crippen molar-refractivity contribution in [2.45, 2.75) is 31.2 Å². The summed E-state index contributed by atoms with van der Waals surface area (Å²) in [6, 6.07) is 21.9. The second-order valence-corrected chi connectivity index (χ2v) is 10.5. The molecule has 2 fully saturated rings. The number of aromatic nitrogens is 1. The Kier molecular flexibility index (Phi) is 5.12. The molecule has 0 saturated carbocycles. The van der Waals surface area contributed by atoms with E-state index in [1.54, 1.807) is 18.3 Å². The minimum Gasteiger partial charge on any atom is -0.319 e. The van der Waals surface area contributed by atoms with E-state index in [-0.39, 0.29) is 11.9 Å². The lowest BCUT2D eigenvalue weighted by molar-refractivity contribution is -0.132. The van der Waals surface area contributed by atoms with E-state index in [4.69, 9.17) is 4.98 Å². The van der Waals surface area contributed by atoms with Gasteiger partial charge in [-0.2, -0.15) is 0 Å². The number of fused-ring (bicyclic) bond motifs is 2. The van der Waals surface area contributed by atoms with Crippen LogP contribution in [-0.4, -0.2) is 46.5 Å². The standard InChI is InChI=1S/C27H26N4O2S/c1-27(21-13-12-18-7-2-3-8-19(18)15-21)25(32)31(26(33)29-27)17-30-14-6-9-20(16-30)24-28-22-10-4-5-11-23(22)34-24/h2-5,7-8,10-13,15,20H,6,9,14,16-17H2,1H3,(H,29,33)/t20-,27+/m1/s1. The number of amides is 3. The van der Waals surface area contributed by atoms with Gasteiger partial charge in [-0.25, -0.2) is 14.7 Å². The largest absolute Gasteiger partial charge is 0.326 e. The Morgan fingerprint density at radius 1 is 1.06 bits per heavy atom. The van der Waals surface area contributed by atoms with Crippen molar-refractivity contribution in [1.82, 2.24) is 20.1 Å². The van der Waals surface area contributed by atoms with E-state index >= 15 is 0 Å². The Morgan fingerprint density at radius 2 is 1.85 bits per heavy atom. The maximum absolute atomic E-state index is 13.5. The van der Waals surface area contributed by atoms with Gasteiger partial charge in [0.15, 0.2) is 0 Å². The van der Waals surface area contributed by atoms with E-state index in [2.05, 4.69) is 22.3 Å². The van der Waals surface area contributed by atoms with Crippen molar-refractivity contribution in [3.63, 3.8) is 0 Å². The second-order valence-electron chi connectivity index (χ2n) is 9.43. The van der Waals surface area contributed by atoms with Gasteiger partial charge >= 0.3 is 6.03 Å². The van der Waals surface area contributed by atoms with Gasteiger partial charge in [0.1, 0.15) is 5.54 Å². The number of para-hydroxylation sites is 1. The molecule has 6 rings (SSSR count). The number of imide groups is 1. The fourth-order valence-electron chi connectivity index (χ4n) is 5.17. The van der Waals surface area contributed by atoms with Crippen LogP contribution in [0.25, 0.3) is 21.0 Å². The normalized spacial score (nSPS) is 23.7. The Balaban J connectivity index is 1.21. The number of nitrogens with zero attached hydrogens (tertiary/aromatic N) is 3. The third-order valence-corrected chi connectivity index (χ3v) is 8.31. The molecule has 1 aromatic heterocycles. The summed E-state index contributed by atoms with van der Waals surface area (Å²) in [5, 5.41) is 6.27.